The van der Waals surface area contributed by atoms with E-state index in [4.69, 9.17) is 9.40 Å². The van der Waals surface area contributed by atoms with Crippen LogP contribution in [0.5, 0.6) is 0 Å². The molecule has 2 aromatic heterocycles. The van der Waals surface area contributed by atoms with Gasteiger partial charge in [0.2, 0.25) is 5.91 Å². The summed E-state index contributed by atoms with van der Waals surface area (Å²) in [6.45, 7) is 6.34. The van der Waals surface area contributed by atoms with Crippen LogP contribution in [0.25, 0.3) is 22.5 Å². The Balaban J connectivity index is 1.19. The van der Waals surface area contributed by atoms with Crippen LogP contribution in [0, 0.1) is 6.92 Å². The van der Waals surface area contributed by atoms with Crippen LogP contribution >= 0.6 is 0 Å². The van der Waals surface area contributed by atoms with Crippen LogP contribution in [-0.4, -0.2) is 44.9 Å². The number of nitrogens with one attached hydrogen (secondary N) is 3. The number of H-pyrrole nitrogens is 1. The Kier molecular flexibility index (Phi) is 5.83. The molecule has 1 aliphatic rings. The fourth-order valence-electron chi connectivity index (χ4n) is 4.29. The second-order valence-electron chi connectivity index (χ2n) is 8.60. The number of anilines is 2. The fraction of sp³-hybridized carbons (Fsp3) is 0.320. The van der Waals surface area contributed by atoms with Gasteiger partial charge in [-0.1, -0.05) is 24.3 Å². The molecule has 3 N–H and O–H groups in total. The number of rotatable bonds is 6. The molecule has 0 saturated carbocycles. The average Bonchev–Trinajstić information content (AvgIpc) is 3.37. The van der Waals surface area contributed by atoms with Crippen LogP contribution in [0.4, 0.5) is 11.7 Å². The van der Waals surface area contributed by atoms with E-state index in [9.17, 15) is 4.79 Å². The normalized spacial score (nSPS) is 15.1. The fourth-order valence-corrected chi connectivity index (χ4v) is 4.29. The summed E-state index contributed by atoms with van der Waals surface area (Å²) in [6.07, 6.45) is 2.04. The van der Waals surface area contributed by atoms with Gasteiger partial charge in [0.15, 0.2) is 5.58 Å². The van der Waals surface area contributed by atoms with Crippen molar-refractivity contribution < 1.29 is 9.21 Å². The Morgan fingerprint density at radius 3 is 2.76 bits per heavy atom. The molecule has 0 atom stereocenters. The Hall–Kier alpha value is -3.65. The van der Waals surface area contributed by atoms with Gasteiger partial charge in [0.1, 0.15) is 11.3 Å². The molecule has 0 aliphatic carbocycles. The molecule has 0 unspecified atom stereocenters. The van der Waals surface area contributed by atoms with Crippen molar-refractivity contribution in [2.45, 2.75) is 39.3 Å². The summed E-state index contributed by atoms with van der Waals surface area (Å²) in [4.78, 5) is 26.6. The van der Waals surface area contributed by atoms with Crippen molar-refractivity contribution in [2.24, 2.45) is 0 Å². The summed E-state index contributed by atoms with van der Waals surface area (Å²) in [7, 11) is 0. The van der Waals surface area contributed by atoms with Crippen LogP contribution in [0.3, 0.4) is 0 Å². The lowest BCUT2D eigenvalue weighted by Crippen LogP contribution is -2.38. The zero-order chi connectivity index (χ0) is 22.8. The molecule has 0 radical (unpaired) electrons. The summed E-state index contributed by atoms with van der Waals surface area (Å²) >= 11 is 0. The van der Waals surface area contributed by atoms with Gasteiger partial charge in [-0.3, -0.25) is 9.69 Å². The molecule has 8 nitrogen and oxygen atoms in total. The molecule has 1 amide bonds. The lowest BCUT2D eigenvalue weighted by molar-refractivity contribution is -0.114. The van der Waals surface area contributed by atoms with E-state index in [2.05, 4.69) is 32.4 Å². The number of para-hydroxylation sites is 2. The van der Waals surface area contributed by atoms with Gasteiger partial charge in [-0.05, 0) is 44.0 Å². The van der Waals surface area contributed by atoms with Gasteiger partial charge in [-0.25, -0.2) is 4.98 Å². The Morgan fingerprint density at radius 2 is 1.97 bits per heavy atom. The highest BCUT2D eigenvalue weighted by Gasteiger charge is 2.22. The minimum absolute atomic E-state index is 0.0857. The molecule has 1 saturated heterocycles. The standard InChI is InChI=1S/C25H28N6O2/c1-16-22(29-24(26-16)18-6-5-7-20(14-18)27-17(2)32)15-31-12-10-19(11-13-31)28-25-30-21-8-3-4-9-23(21)33-25/h3-9,14,19H,10-13,15H2,1-2H3,(H,26,29)(H,27,32)(H,28,30). The van der Waals surface area contributed by atoms with Crippen LogP contribution in [0.2, 0.25) is 0 Å². The molecule has 3 heterocycles. The smallest absolute Gasteiger partial charge is 0.295 e. The first-order valence-corrected chi connectivity index (χ1v) is 11.3. The van der Waals surface area contributed by atoms with Crippen molar-refractivity contribution in [1.29, 1.82) is 0 Å². The zero-order valence-electron chi connectivity index (χ0n) is 18.9. The summed E-state index contributed by atoms with van der Waals surface area (Å²) in [5.41, 5.74) is 5.54. The predicted octanol–water partition coefficient (Wildman–Crippen LogP) is 4.56. The van der Waals surface area contributed by atoms with E-state index in [1.807, 2.05) is 48.5 Å². The molecule has 170 valence electrons. The van der Waals surface area contributed by atoms with E-state index in [0.717, 1.165) is 72.0 Å². The van der Waals surface area contributed by atoms with Crippen LogP contribution < -0.4 is 10.6 Å². The minimum Gasteiger partial charge on any atom is -0.424 e. The predicted molar refractivity (Wildman–Crippen MR) is 129 cm³/mol. The number of nitrogens with zero attached hydrogens (tertiary/aromatic N) is 3. The van der Waals surface area contributed by atoms with Gasteiger partial charge in [0.25, 0.3) is 6.01 Å². The van der Waals surface area contributed by atoms with Crippen molar-refractivity contribution in [1.82, 2.24) is 19.9 Å². The van der Waals surface area contributed by atoms with Gasteiger partial charge >= 0.3 is 0 Å². The summed E-state index contributed by atoms with van der Waals surface area (Å²) in [6, 6.07) is 16.5. The number of hydrogen-bond acceptors (Lipinski definition) is 6. The minimum atomic E-state index is -0.0857. The van der Waals surface area contributed by atoms with E-state index in [1.165, 1.54) is 6.92 Å². The van der Waals surface area contributed by atoms with E-state index in [1.54, 1.807) is 0 Å². The summed E-state index contributed by atoms with van der Waals surface area (Å²) < 4.78 is 5.81. The van der Waals surface area contributed by atoms with Crippen LogP contribution in [-0.2, 0) is 11.3 Å². The third-order valence-corrected chi connectivity index (χ3v) is 6.02. The van der Waals surface area contributed by atoms with Gasteiger partial charge < -0.3 is 20.0 Å². The summed E-state index contributed by atoms with van der Waals surface area (Å²) in [5, 5.41) is 6.28. The number of oxazole rings is 1. The number of aromatic amines is 1. The number of aryl methyl sites for hydroxylation is 1. The molecule has 5 rings (SSSR count). The first kappa shape index (κ1) is 21.2. The number of piperidine rings is 1. The van der Waals surface area contributed by atoms with E-state index >= 15 is 0 Å². The number of benzene rings is 2. The quantitative estimate of drug-likeness (QED) is 0.403. The van der Waals surface area contributed by atoms with Crippen molar-refractivity contribution >= 4 is 28.7 Å². The number of amides is 1. The number of aromatic nitrogens is 3. The highest BCUT2D eigenvalue weighted by atomic mass is 16.4. The van der Waals surface area contributed by atoms with Crippen LogP contribution in [0.1, 0.15) is 31.2 Å². The zero-order valence-corrected chi connectivity index (χ0v) is 18.9. The molecule has 0 bridgehead atoms. The number of carbonyl (C=O) groups is 1. The second kappa shape index (κ2) is 9.07. The molecule has 4 aromatic rings. The number of carbonyl (C=O) groups excluding carboxylic acids is 1. The van der Waals surface area contributed by atoms with E-state index < -0.39 is 0 Å². The number of imidazole rings is 1. The third-order valence-electron chi connectivity index (χ3n) is 6.02. The molecular weight excluding hydrogens is 416 g/mol. The van der Waals surface area contributed by atoms with Gasteiger partial charge in [-0.2, -0.15) is 4.98 Å². The number of likely N-dealkylation sites (tertiary alicyclic amines) is 1. The highest BCUT2D eigenvalue weighted by Crippen LogP contribution is 2.24. The topological polar surface area (TPSA) is 99.1 Å². The van der Waals surface area contributed by atoms with E-state index in [0.29, 0.717) is 12.1 Å². The van der Waals surface area contributed by atoms with Gasteiger partial charge in [-0.15, -0.1) is 0 Å². The summed E-state index contributed by atoms with van der Waals surface area (Å²) in [5.74, 6) is 0.736. The monoisotopic (exact) mass is 444 g/mol. The highest BCUT2D eigenvalue weighted by molar-refractivity contribution is 5.89. The molecule has 1 aliphatic heterocycles. The van der Waals surface area contributed by atoms with Crippen molar-refractivity contribution in [2.75, 3.05) is 23.7 Å². The van der Waals surface area contributed by atoms with Crippen molar-refractivity contribution in [3.63, 3.8) is 0 Å². The third kappa shape index (κ3) is 4.90. The SMILES string of the molecule is CC(=O)Nc1cccc(-c2nc(CN3CCC(Nc4nc5ccccc5o4)CC3)c(C)[nH]2)c1. The maximum Gasteiger partial charge on any atom is 0.295 e. The first-order chi connectivity index (χ1) is 16.0. The second-order valence-corrected chi connectivity index (χ2v) is 8.60. The Labute approximate surface area is 192 Å². The van der Waals surface area contributed by atoms with Gasteiger partial charge in [0.05, 0.1) is 5.69 Å². The average molecular weight is 445 g/mol. The molecule has 33 heavy (non-hydrogen) atoms. The Bertz CT molecular complexity index is 1240. The molecular formula is C25H28N6O2. The Morgan fingerprint density at radius 1 is 1.15 bits per heavy atom. The number of fused-ring (bicyclic) bond motifs is 1. The maximum absolute atomic E-state index is 11.4. The van der Waals surface area contributed by atoms with Gasteiger partial charge in [0, 0.05) is 49.5 Å². The van der Waals surface area contributed by atoms with Crippen molar-refractivity contribution in [3.05, 3.63) is 59.9 Å². The maximum atomic E-state index is 11.4. The van der Waals surface area contributed by atoms with Crippen molar-refractivity contribution in [3.8, 4) is 11.4 Å². The first-order valence-electron chi connectivity index (χ1n) is 11.3. The van der Waals surface area contributed by atoms with E-state index in [-0.39, 0.29) is 5.91 Å². The molecule has 2 aromatic carbocycles. The lowest BCUT2D eigenvalue weighted by atomic mass is 10.1. The largest absolute Gasteiger partial charge is 0.424 e. The lowest BCUT2D eigenvalue weighted by Gasteiger charge is -2.31. The molecule has 0 spiro atoms. The molecule has 1 fully saturated rings. The molecule has 8 heteroatoms. The van der Waals surface area contributed by atoms with Crippen LogP contribution in [0.15, 0.2) is 52.9 Å². The number of hydrogen-bond donors (Lipinski definition) is 3.